The van der Waals surface area contributed by atoms with Gasteiger partial charge in [0.15, 0.2) is 0 Å². The van der Waals surface area contributed by atoms with Crippen molar-refractivity contribution >= 4 is 29.1 Å². The zero-order valence-electron chi connectivity index (χ0n) is 13.5. The molecular formula is C18H19ClN2O3. The topological polar surface area (TPSA) is 78.4 Å². The van der Waals surface area contributed by atoms with E-state index in [1.54, 1.807) is 36.4 Å². The van der Waals surface area contributed by atoms with Crippen molar-refractivity contribution in [1.29, 1.82) is 0 Å². The first kappa shape index (κ1) is 18.0. The summed E-state index contributed by atoms with van der Waals surface area (Å²) in [5.41, 5.74) is 3.12. The van der Waals surface area contributed by atoms with E-state index in [0.717, 1.165) is 11.1 Å². The number of hydrogen-bond donors (Lipinski definition) is 3. The Kier molecular flexibility index (Phi) is 5.95. The fourth-order valence-electron chi connectivity index (χ4n) is 2.14. The van der Waals surface area contributed by atoms with Gasteiger partial charge in [0.05, 0.1) is 6.10 Å². The van der Waals surface area contributed by atoms with Crippen LogP contribution in [0.25, 0.3) is 0 Å². The summed E-state index contributed by atoms with van der Waals surface area (Å²) in [4.78, 5) is 23.8. The number of amides is 2. The number of nitrogens with one attached hydrogen (secondary N) is 2. The first-order valence-corrected chi connectivity index (χ1v) is 7.85. The third-order valence-corrected chi connectivity index (χ3v) is 4.02. The summed E-state index contributed by atoms with van der Waals surface area (Å²) in [5.74, 6) is -1.57. The van der Waals surface area contributed by atoms with Crippen LogP contribution in [0.1, 0.15) is 22.8 Å². The fraction of sp³-hybridized carbons (Fsp3) is 0.222. The molecule has 0 heterocycles. The molecule has 2 rings (SSSR count). The highest BCUT2D eigenvalue weighted by molar-refractivity contribution is 6.39. The molecule has 0 aromatic heterocycles. The molecule has 3 N–H and O–H groups in total. The van der Waals surface area contributed by atoms with Gasteiger partial charge in [0.25, 0.3) is 0 Å². The average Bonchev–Trinajstić information content (AvgIpc) is 2.57. The van der Waals surface area contributed by atoms with E-state index in [9.17, 15) is 14.7 Å². The molecule has 0 saturated carbocycles. The minimum atomic E-state index is -0.917. The number of rotatable bonds is 4. The minimum Gasteiger partial charge on any atom is -0.387 e. The van der Waals surface area contributed by atoms with E-state index >= 15 is 0 Å². The van der Waals surface area contributed by atoms with Gasteiger partial charge in [0, 0.05) is 17.3 Å². The maximum absolute atomic E-state index is 11.9. The van der Waals surface area contributed by atoms with E-state index in [2.05, 4.69) is 10.6 Å². The average molecular weight is 347 g/mol. The van der Waals surface area contributed by atoms with Crippen LogP contribution in [0.4, 0.5) is 5.69 Å². The second kappa shape index (κ2) is 7.95. The summed E-state index contributed by atoms with van der Waals surface area (Å²) in [6, 6.07) is 12.1. The number of halogens is 1. The molecule has 0 aliphatic rings. The largest absolute Gasteiger partial charge is 0.387 e. The lowest BCUT2D eigenvalue weighted by molar-refractivity contribution is -0.136. The number of carbonyl (C=O) groups excluding carboxylic acids is 2. The normalized spacial score (nSPS) is 11.7. The Morgan fingerprint density at radius 3 is 2.42 bits per heavy atom. The van der Waals surface area contributed by atoms with Crippen LogP contribution in [0.15, 0.2) is 42.5 Å². The molecule has 1 unspecified atom stereocenters. The summed E-state index contributed by atoms with van der Waals surface area (Å²) < 4.78 is 0. The number of anilines is 1. The maximum Gasteiger partial charge on any atom is 0.313 e. The van der Waals surface area contributed by atoms with Gasteiger partial charge in [-0.1, -0.05) is 35.9 Å². The molecule has 0 radical (unpaired) electrons. The maximum atomic E-state index is 11.9. The summed E-state index contributed by atoms with van der Waals surface area (Å²) >= 11 is 5.78. The molecule has 5 nitrogen and oxygen atoms in total. The molecule has 6 heteroatoms. The third-order valence-electron chi connectivity index (χ3n) is 3.77. The van der Waals surface area contributed by atoms with Crippen LogP contribution in [0.2, 0.25) is 5.02 Å². The smallest absolute Gasteiger partial charge is 0.313 e. The summed E-state index contributed by atoms with van der Waals surface area (Å²) in [6.07, 6.45) is -0.917. The van der Waals surface area contributed by atoms with Gasteiger partial charge >= 0.3 is 11.8 Å². The lowest BCUT2D eigenvalue weighted by Crippen LogP contribution is -2.37. The Hall–Kier alpha value is -2.37. The lowest BCUT2D eigenvalue weighted by Gasteiger charge is -2.13. The molecule has 0 bridgehead atoms. The van der Waals surface area contributed by atoms with Crippen LogP contribution in [-0.4, -0.2) is 23.5 Å². The number of aryl methyl sites for hydroxylation is 1. The number of aliphatic hydroxyl groups is 1. The summed E-state index contributed by atoms with van der Waals surface area (Å²) in [7, 11) is 0. The highest BCUT2D eigenvalue weighted by atomic mass is 35.5. The summed E-state index contributed by atoms with van der Waals surface area (Å²) in [5, 5.41) is 15.6. The lowest BCUT2D eigenvalue weighted by atomic mass is 10.1. The Morgan fingerprint density at radius 2 is 1.75 bits per heavy atom. The second-order valence-corrected chi connectivity index (χ2v) is 5.92. The van der Waals surface area contributed by atoms with E-state index < -0.39 is 17.9 Å². The molecular weight excluding hydrogens is 328 g/mol. The number of aliphatic hydroxyl groups excluding tert-OH is 1. The van der Waals surface area contributed by atoms with E-state index in [-0.39, 0.29) is 6.54 Å². The predicted octanol–water partition coefficient (Wildman–Crippen LogP) is 2.75. The molecule has 24 heavy (non-hydrogen) atoms. The van der Waals surface area contributed by atoms with E-state index in [1.807, 2.05) is 19.9 Å². The molecule has 0 spiro atoms. The van der Waals surface area contributed by atoms with Crippen molar-refractivity contribution in [2.45, 2.75) is 20.0 Å². The zero-order chi connectivity index (χ0) is 17.7. The quantitative estimate of drug-likeness (QED) is 0.745. The molecule has 0 aliphatic heterocycles. The molecule has 0 fully saturated rings. The zero-order valence-corrected chi connectivity index (χ0v) is 14.2. The van der Waals surface area contributed by atoms with Crippen LogP contribution in [0, 0.1) is 13.8 Å². The minimum absolute atomic E-state index is 0.0688. The Labute approximate surface area is 145 Å². The van der Waals surface area contributed by atoms with Crippen molar-refractivity contribution in [3.8, 4) is 0 Å². The van der Waals surface area contributed by atoms with Gasteiger partial charge in [-0.05, 0) is 48.7 Å². The van der Waals surface area contributed by atoms with Gasteiger partial charge < -0.3 is 15.7 Å². The van der Waals surface area contributed by atoms with Crippen molar-refractivity contribution in [2.75, 3.05) is 11.9 Å². The Bertz CT molecular complexity index is 744. The van der Waals surface area contributed by atoms with Gasteiger partial charge in [-0.2, -0.15) is 0 Å². The van der Waals surface area contributed by atoms with Crippen molar-refractivity contribution in [3.05, 3.63) is 64.2 Å². The van der Waals surface area contributed by atoms with Gasteiger partial charge in [-0.3, -0.25) is 9.59 Å². The van der Waals surface area contributed by atoms with Crippen molar-refractivity contribution < 1.29 is 14.7 Å². The molecule has 2 aromatic carbocycles. The third kappa shape index (κ3) is 4.57. The van der Waals surface area contributed by atoms with Crippen LogP contribution < -0.4 is 10.6 Å². The SMILES string of the molecule is Cc1cccc(NC(=O)C(=O)NCC(O)c2ccc(Cl)cc2)c1C. The van der Waals surface area contributed by atoms with Gasteiger partial charge in [0.1, 0.15) is 0 Å². The van der Waals surface area contributed by atoms with Gasteiger partial charge in [-0.15, -0.1) is 0 Å². The van der Waals surface area contributed by atoms with Crippen LogP contribution in [0.5, 0.6) is 0 Å². The molecule has 0 aliphatic carbocycles. The first-order chi connectivity index (χ1) is 11.4. The number of benzene rings is 2. The van der Waals surface area contributed by atoms with Crippen molar-refractivity contribution in [3.63, 3.8) is 0 Å². The molecule has 2 aromatic rings. The summed E-state index contributed by atoms with van der Waals surface area (Å²) in [6.45, 7) is 3.72. The van der Waals surface area contributed by atoms with Crippen LogP contribution >= 0.6 is 11.6 Å². The number of carbonyl (C=O) groups is 2. The Morgan fingerprint density at radius 1 is 1.08 bits per heavy atom. The van der Waals surface area contributed by atoms with Gasteiger partial charge in [-0.25, -0.2) is 0 Å². The van der Waals surface area contributed by atoms with Crippen LogP contribution in [-0.2, 0) is 9.59 Å². The Balaban J connectivity index is 1.91. The molecule has 126 valence electrons. The second-order valence-electron chi connectivity index (χ2n) is 5.48. The number of hydrogen-bond acceptors (Lipinski definition) is 3. The van der Waals surface area contributed by atoms with Crippen molar-refractivity contribution in [2.24, 2.45) is 0 Å². The van der Waals surface area contributed by atoms with Crippen molar-refractivity contribution in [1.82, 2.24) is 5.32 Å². The molecule has 2 amide bonds. The van der Waals surface area contributed by atoms with E-state index in [4.69, 9.17) is 11.6 Å². The highest BCUT2D eigenvalue weighted by Crippen LogP contribution is 2.18. The van der Waals surface area contributed by atoms with Gasteiger partial charge in [0.2, 0.25) is 0 Å². The highest BCUT2D eigenvalue weighted by Gasteiger charge is 2.17. The fourth-order valence-corrected chi connectivity index (χ4v) is 2.26. The monoisotopic (exact) mass is 346 g/mol. The van der Waals surface area contributed by atoms with E-state index in [1.165, 1.54) is 0 Å². The standard InChI is InChI=1S/C18H19ClN2O3/c1-11-4-3-5-15(12(11)2)21-18(24)17(23)20-10-16(22)13-6-8-14(19)9-7-13/h3-9,16,22H,10H2,1-2H3,(H,20,23)(H,21,24). The molecule has 0 saturated heterocycles. The van der Waals surface area contributed by atoms with Crippen LogP contribution in [0.3, 0.4) is 0 Å². The van der Waals surface area contributed by atoms with E-state index in [0.29, 0.717) is 16.3 Å². The predicted molar refractivity (Wildman–Crippen MR) is 94.0 cm³/mol. The first-order valence-electron chi connectivity index (χ1n) is 7.47. The molecule has 1 atom stereocenters.